The summed E-state index contributed by atoms with van der Waals surface area (Å²) in [5, 5.41) is 0. The first kappa shape index (κ1) is 9.33. The summed E-state index contributed by atoms with van der Waals surface area (Å²) < 4.78 is 19.3. The minimum atomic E-state index is -0.203. The van der Waals surface area contributed by atoms with Gasteiger partial charge in [-0.15, -0.1) is 0 Å². The van der Waals surface area contributed by atoms with Gasteiger partial charge in [-0.2, -0.15) is 0 Å². The van der Waals surface area contributed by atoms with Crippen LogP contribution in [0.3, 0.4) is 0 Å². The van der Waals surface area contributed by atoms with E-state index in [4.69, 9.17) is 4.74 Å². The molecule has 80 valence electrons. The van der Waals surface area contributed by atoms with E-state index < -0.39 is 0 Å². The molecule has 0 atom stereocenters. The fourth-order valence-corrected chi connectivity index (χ4v) is 1.94. The summed E-state index contributed by atoms with van der Waals surface area (Å²) in [6.45, 7) is 0. The number of aryl methyl sites for hydroxylation is 1. The molecule has 16 heavy (non-hydrogen) atoms. The summed E-state index contributed by atoms with van der Waals surface area (Å²) in [5.41, 5.74) is 1.53. The van der Waals surface area contributed by atoms with Gasteiger partial charge in [-0.3, -0.25) is 4.98 Å². The largest absolute Gasteiger partial charge is 0.455 e. The molecular weight excluding hydrogens is 205 g/mol. The van der Waals surface area contributed by atoms with Crippen LogP contribution >= 0.6 is 0 Å². The lowest BCUT2D eigenvalue weighted by molar-refractivity contribution is 0.470. The molecule has 3 heteroatoms. The van der Waals surface area contributed by atoms with Crippen molar-refractivity contribution in [2.24, 2.45) is 0 Å². The van der Waals surface area contributed by atoms with E-state index in [0.717, 1.165) is 11.4 Å². The Hall–Kier alpha value is -1.90. The smallest absolute Gasteiger partial charge is 0.148 e. The maximum atomic E-state index is 13.6. The number of hydrogen-bond acceptors (Lipinski definition) is 2. The third-order valence-electron chi connectivity index (χ3n) is 2.76. The molecule has 0 spiro atoms. The van der Waals surface area contributed by atoms with Gasteiger partial charge < -0.3 is 4.74 Å². The van der Waals surface area contributed by atoms with Crippen molar-refractivity contribution in [1.29, 1.82) is 0 Å². The molecule has 0 unspecified atom stereocenters. The second-order valence-corrected chi connectivity index (χ2v) is 3.77. The Labute approximate surface area is 92.7 Å². The van der Waals surface area contributed by atoms with E-state index in [1.54, 1.807) is 18.3 Å². The van der Waals surface area contributed by atoms with Gasteiger partial charge in [0.05, 0.1) is 5.69 Å². The van der Waals surface area contributed by atoms with Crippen molar-refractivity contribution in [2.45, 2.75) is 12.8 Å². The van der Waals surface area contributed by atoms with Crippen LogP contribution in [0.4, 0.5) is 4.39 Å². The molecule has 0 fully saturated rings. The predicted molar refractivity (Wildman–Crippen MR) is 58.1 cm³/mol. The molecule has 3 rings (SSSR count). The maximum Gasteiger partial charge on any atom is 0.148 e. The van der Waals surface area contributed by atoms with E-state index in [1.165, 1.54) is 6.07 Å². The average molecular weight is 215 g/mol. The van der Waals surface area contributed by atoms with Crippen molar-refractivity contribution in [3.8, 4) is 11.5 Å². The van der Waals surface area contributed by atoms with Crippen LogP contribution in [0.15, 0.2) is 36.5 Å². The van der Waals surface area contributed by atoms with E-state index in [0.29, 0.717) is 24.2 Å². The van der Waals surface area contributed by atoms with Crippen LogP contribution in [0.1, 0.15) is 11.3 Å². The molecule has 1 aromatic heterocycles. The zero-order valence-electron chi connectivity index (χ0n) is 8.61. The van der Waals surface area contributed by atoms with E-state index >= 15 is 0 Å². The number of hydrogen-bond donors (Lipinski definition) is 0. The Morgan fingerprint density at radius 2 is 1.94 bits per heavy atom. The van der Waals surface area contributed by atoms with E-state index in [9.17, 15) is 4.39 Å². The zero-order valence-corrected chi connectivity index (χ0v) is 8.61. The first-order chi connectivity index (χ1) is 7.84. The molecule has 0 saturated carbocycles. The fraction of sp³-hybridized carbons (Fsp3) is 0.154. The van der Waals surface area contributed by atoms with Gasteiger partial charge in [-0.25, -0.2) is 4.39 Å². The number of benzene rings is 1. The summed E-state index contributed by atoms with van der Waals surface area (Å²) in [4.78, 5) is 4.24. The van der Waals surface area contributed by atoms with Crippen LogP contribution in [-0.4, -0.2) is 4.98 Å². The quantitative estimate of drug-likeness (QED) is 0.673. The number of nitrogens with zero attached hydrogens (tertiary/aromatic N) is 1. The Bertz CT molecular complexity index is 539. The van der Waals surface area contributed by atoms with E-state index in [2.05, 4.69) is 4.98 Å². The predicted octanol–water partition coefficient (Wildman–Crippen LogP) is 3.11. The van der Waals surface area contributed by atoms with Gasteiger partial charge in [0.15, 0.2) is 0 Å². The Balaban J connectivity index is 2.12. The highest BCUT2D eigenvalue weighted by atomic mass is 19.1. The number of halogens is 1. The van der Waals surface area contributed by atoms with E-state index in [1.807, 2.05) is 12.1 Å². The van der Waals surface area contributed by atoms with Gasteiger partial charge in [0.2, 0.25) is 0 Å². The lowest BCUT2D eigenvalue weighted by Gasteiger charge is -2.07. The summed E-state index contributed by atoms with van der Waals surface area (Å²) in [6, 6.07) is 8.60. The minimum absolute atomic E-state index is 0.203. The van der Waals surface area contributed by atoms with Crippen LogP contribution in [-0.2, 0) is 12.8 Å². The first-order valence-electron chi connectivity index (χ1n) is 5.24. The van der Waals surface area contributed by atoms with E-state index in [-0.39, 0.29) is 5.82 Å². The van der Waals surface area contributed by atoms with Crippen molar-refractivity contribution in [1.82, 2.24) is 4.98 Å². The van der Waals surface area contributed by atoms with Crippen LogP contribution in [0, 0.1) is 5.82 Å². The summed E-state index contributed by atoms with van der Waals surface area (Å²) in [7, 11) is 0. The van der Waals surface area contributed by atoms with Gasteiger partial charge in [-0.05, 0) is 37.1 Å². The lowest BCUT2D eigenvalue weighted by Crippen LogP contribution is -1.93. The van der Waals surface area contributed by atoms with Crippen molar-refractivity contribution in [3.63, 3.8) is 0 Å². The molecule has 0 aliphatic carbocycles. The maximum absolute atomic E-state index is 13.6. The van der Waals surface area contributed by atoms with Crippen LogP contribution in [0.5, 0.6) is 11.5 Å². The van der Waals surface area contributed by atoms with Crippen molar-refractivity contribution in [2.75, 3.05) is 0 Å². The van der Waals surface area contributed by atoms with Gasteiger partial charge in [0.1, 0.15) is 17.3 Å². The Morgan fingerprint density at radius 3 is 2.88 bits per heavy atom. The molecular formula is C13H10FNO. The minimum Gasteiger partial charge on any atom is -0.455 e. The normalized spacial score (nSPS) is 13.3. The number of pyridine rings is 1. The molecule has 0 bridgehead atoms. The van der Waals surface area contributed by atoms with Crippen molar-refractivity contribution < 1.29 is 9.13 Å². The summed E-state index contributed by atoms with van der Waals surface area (Å²) in [5.74, 6) is 1.13. The average Bonchev–Trinajstić information content (AvgIpc) is 2.48. The topological polar surface area (TPSA) is 22.1 Å². The SMILES string of the molecule is Fc1cccc2c1CCc1ncccc1O2. The molecule has 2 aromatic rings. The molecule has 0 radical (unpaired) electrons. The second kappa shape index (κ2) is 3.59. The number of aromatic nitrogens is 1. The van der Waals surface area contributed by atoms with Crippen LogP contribution in [0.25, 0.3) is 0 Å². The number of ether oxygens (including phenoxy) is 1. The van der Waals surface area contributed by atoms with Gasteiger partial charge in [0, 0.05) is 11.8 Å². The first-order valence-corrected chi connectivity index (χ1v) is 5.24. The van der Waals surface area contributed by atoms with Crippen LogP contribution < -0.4 is 4.74 Å². The molecule has 0 amide bonds. The zero-order chi connectivity index (χ0) is 11.0. The van der Waals surface area contributed by atoms with Gasteiger partial charge in [0.25, 0.3) is 0 Å². The number of rotatable bonds is 0. The lowest BCUT2D eigenvalue weighted by atomic mass is 10.1. The monoisotopic (exact) mass is 215 g/mol. The third-order valence-corrected chi connectivity index (χ3v) is 2.76. The Morgan fingerprint density at radius 1 is 1.06 bits per heavy atom. The van der Waals surface area contributed by atoms with Crippen LogP contribution in [0.2, 0.25) is 0 Å². The number of fused-ring (bicyclic) bond motifs is 2. The Kier molecular flexibility index (Phi) is 2.10. The molecule has 1 aliphatic rings. The molecule has 0 saturated heterocycles. The van der Waals surface area contributed by atoms with Gasteiger partial charge >= 0.3 is 0 Å². The second-order valence-electron chi connectivity index (χ2n) is 3.77. The standard InChI is InChI=1S/C13H10FNO/c14-10-3-1-4-12-9(10)6-7-11-13(16-12)5-2-8-15-11/h1-5,8H,6-7H2. The van der Waals surface area contributed by atoms with Crippen molar-refractivity contribution >= 4 is 0 Å². The van der Waals surface area contributed by atoms with Gasteiger partial charge in [-0.1, -0.05) is 6.07 Å². The molecule has 1 aromatic carbocycles. The highest BCUT2D eigenvalue weighted by Crippen LogP contribution is 2.33. The molecule has 2 nitrogen and oxygen atoms in total. The van der Waals surface area contributed by atoms with Crippen molar-refractivity contribution in [3.05, 3.63) is 53.6 Å². The molecule has 0 N–H and O–H groups in total. The third kappa shape index (κ3) is 1.45. The summed E-state index contributed by atoms with van der Waals surface area (Å²) >= 11 is 0. The molecule has 2 heterocycles. The highest BCUT2D eigenvalue weighted by Gasteiger charge is 2.17. The fourth-order valence-electron chi connectivity index (χ4n) is 1.94. The summed E-state index contributed by atoms with van der Waals surface area (Å²) in [6.07, 6.45) is 3.07. The molecule has 1 aliphatic heterocycles. The highest BCUT2D eigenvalue weighted by molar-refractivity contribution is 5.43.